The zero-order chi connectivity index (χ0) is 29.1. The van der Waals surface area contributed by atoms with Crippen LogP contribution in [-0.4, -0.2) is 11.0 Å². The van der Waals surface area contributed by atoms with Crippen molar-refractivity contribution in [3.05, 3.63) is 130 Å². The molecule has 2 N–H and O–H groups in total. The van der Waals surface area contributed by atoms with Crippen molar-refractivity contribution in [2.24, 2.45) is 0 Å². The maximum absolute atomic E-state index is 14.5. The number of amides is 2. The van der Waals surface area contributed by atoms with E-state index in [9.17, 15) is 35.5 Å². The summed E-state index contributed by atoms with van der Waals surface area (Å²) in [5, 5.41) is 4.60. The SMILES string of the molecule is O=C(Nc1c(F)cccc1C(F)(F)F)NC(Cc1ccccc1)(c1cccc(C(F)(F)F)c1)c1ccc(Cl)cn1. The first-order valence-electron chi connectivity index (χ1n) is 11.6. The van der Waals surface area contributed by atoms with E-state index >= 15 is 0 Å². The fourth-order valence-electron chi connectivity index (χ4n) is 4.24. The van der Waals surface area contributed by atoms with Crippen molar-refractivity contribution < 1.29 is 35.5 Å². The number of urea groups is 1. The van der Waals surface area contributed by atoms with Crippen LogP contribution in [0.4, 0.5) is 41.2 Å². The normalized spacial score (nSPS) is 13.4. The zero-order valence-corrected chi connectivity index (χ0v) is 21.0. The molecule has 40 heavy (non-hydrogen) atoms. The number of rotatable bonds is 6. The predicted octanol–water partition coefficient (Wildman–Crippen LogP) is 8.22. The Kier molecular flexibility index (Phi) is 8.06. The van der Waals surface area contributed by atoms with Gasteiger partial charge >= 0.3 is 18.4 Å². The van der Waals surface area contributed by atoms with Crippen molar-refractivity contribution in [1.82, 2.24) is 10.3 Å². The van der Waals surface area contributed by atoms with Crippen LogP contribution in [0.2, 0.25) is 5.02 Å². The molecule has 0 saturated heterocycles. The highest BCUT2D eigenvalue weighted by Crippen LogP contribution is 2.39. The van der Waals surface area contributed by atoms with Crippen molar-refractivity contribution in [2.75, 3.05) is 5.32 Å². The van der Waals surface area contributed by atoms with Crippen molar-refractivity contribution in [3.8, 4) is 0 Å². The minimum absolute atomic E-state index is 0.0276. The third-order valence-corrected chi connectivity index (χ3v) is 6.27. The first-order valence-corrected chi connectivity index (χ1v) is 12.0. The molecule has 0 aliphatic heterocycles. The predicted molar refractivity (Wildman–Crippen MR) is 135 cm³/mol. The zero-order valence-electron chi connectivity index (χ0n) is 20.2. The van der Waals surface area contributed by atoms with Gasteiger partial charge in [0.25, 0.3) is 0 Å². The quantitative estimate of drug-likeness (QED) is 0.225. The molecule has 0 aliphatic carbocycles. The molecule has 0 bridgehead atoms. The summed E-state index contributed by atoms with van der Waals surface area (Å²) in [7, 11) is 0. The van der Waals surface area contributed by atoms with Crippen molar-refractivity contribution in [3.63, 3.8) is 0 Å². The molecule has 4 aromatic rings. The Morgan fingerprint density at radius 2 is 1.48 bits per heavy atom. The van der Waals surface area contributed by atoms with Gasteiger partial charge < -0.3 is 10.6 Å². The smallest absolute Gasteiger partial charge is 0.322 e. The van der Waals surface area contributed by atoms with Crippen LogP contribution < -0.4 is 10.6 Å². The van der Waals surface area contributed by atoms with Gasteiger partial charge in [-0.2, -0.15) is 26.3 Å². The third kappa shape index (κ3) is 6.36. The molecule has 4 nitrogen and oxygen atoms in total. The van der Waals surface area contributed by atoms with E-state index in [-0.39, 0.29) is 22.7 Å². The van der Waals surface area contributed by atoms with Crippen molar-refractivity contribution in [1.29, 1.82) is 0 Å². The van der Waals surface area contributed by atoms with Crippen LogP contribution in [0.1, 0.15) is 27.9 Å². The molecule has 12 heteroatoms. The van der Waals surface area contributed by atoms with Gasteiger partial charge in [-0.15, -0.1) is 0 Å². The number of carbonyl (C=O) groups excluding carboxylic acids is 1. The number of hydrogen-bond acceptors (Lipinski definition) is 2. The van der Waals surface area contributed by atoms with Gasteiger partial charge in [0, 0.05) is 12.6 Å². The topological polar surface area (TPSA) is 54.0 Å². The molecular formula is C28H19ClF7N3O. The van der Waals surface area contributed by atoms with Crippen LogP contribution in [0.15, 0.2) is 91.1 Å². The highest BCUT2D eigenvalue weighted by atomic mass is 35.5. The van der Waals surface area contributed by atoms with E-state index < -0.39 is 46.6 Å². The monoisotopic (exact) mass is 581 g/mol. The highest BCUT2D eigenvalue weighted by molar-refractivity contribution is 6.30. The lowest BCUT2D eigenvalue weighted by atomic mass is 9.80. The molecule has 1 unspecified atom stereocenters. The Morgan fingerprint density at radius 3 is 2.10 bits per heavy atom. The summed E-state index contributed by atoms with van der Waals surface area (Å²) >= 11 is 5.98. The number of pyridine rings is 1. The number of hydrogen-bond donors (Lipinski definition) is 2. The number of nitrogens with zero attached hydrogens (tertiary/aromatic N) is 1. The van der Waals surface area contributed by atoms with Crippen molar-refractivity contribution >= 4 is 23.3 Å². The molecule has 0 radical (unpaired) electrons. The first-order chi connectivity index (χ1) is 18.8. The summed E-state index contributed by atoms with van der Waals surface area (Å²) in [5.74, 6) is -1.36. The van der Waals surface area contributed by atoms with Crippen LogP contribution >= 0.6 is 11.6 Å². The number of benzene rings is 3. The first kappa shape index (κ1) is 28.9. The molecule has 4 rings (SSSR count). The molecule has 0 saturated carbocycles. The summed E-state index contributed by atoms with van der Waals surface area (Å²) < 4.78 is 96.3. The second kappa shape index (κ2) is 11.2. The fourth-order valence-corrected chi connectivity index (χ4v) is 4.35. The van der Waals surface area contributed by atoms with E-state index in [0.29, 0.717) is 11.6 Å². The van der Waals surface area contributed by atoms with E-state index in [0.717, 1.165) is 30.3 Å². The third-order valence-electron chi connectivity index (χ3n) is 6.04. The second-order valence-electron chi connectivity index (χ2n) is 8.75. The molecule has 0 fully saturated rings. The van der Waals surface area contributed by atoms with Crippen LogP contribution in [-0.2, 0) is 24.3 Å². The van der Waals surface area contributed by atoms with E-state index in [1.165, 1.54) is 24.4 Å². The minimum atomic E-state index is -5.01. The van der Waals surface area contributed by atoms with Gasteiger partial charge in [-0.1, -0.05) is 60.1 Å². The van der Waals surface area contributed by atoms with Gasteiger partial charge in [0.05, 0.1) is 27.5 Å². The molecule has 1 heterocycles. The molecule has 1 atom stereocenters. The Bertz CT molecular complexity index is 1490. The second-order valence-corrected chi connectivity index (χ2v) is 9.18. The molecule has 3 aromatic carbocycles. The number of halogens is 8. The minimum Gasteiger partial charge on any atom is -0.322 e. The van der Waals surface area contributed by atoms with Gasteiger partial charge in [-0.05, 0) is 47.5 Å². The van der Waals surface area contributed by atoms with Gasteiger partial charge in [-0.3, -0.25) is 4.98 Å². The number of anilines is 1. The van der Waals surface area contributed by atoms with Gasteiger partial charge in [0.2, 0.25) is 0 Å². The van der Waals surface area contributed by atoms with Crippen LogP contribution in [0.5, 0.6) is 0 Å². The highest BCUT2D eigenvalue weighted by Gasteiger charge is 2.41. The molecule has 0 aliphatic rings. The Hall–Kier alpha value is -4.12. The van der Waals surface area contributed by atoms with Crippen LogP contribution in [0.3, 0.4) is 0 Å². The van der Waals surface area contributed by atoms with E-state index in [1.54, 1.807) is 30.3 Å². The number of nitrogens with one attached hydrogen (secondary N) is 2. The van der Waals surface area contributed by atoms with Gasteiger partial charge in [0.15, 0.2) is 0 Å². The summed E-state index contributed by atoms with van der Waals surface area (Å²) in [6.07, 6.45) is -8.73. The number of alkyl halides is 6. The largest absolute Gasteiger partial charge is 0.418 e. The average molecular weight is 582 g/mol. The summed E-state index contributed by atoms with van der Waals surface area (Å²) in [5.41, 5.74) is -5.01. The van der Waals surface area contributed by atoms with Crippen LogP contribution in [0, 0.1) is 5.82 Å². The number of carbonyl (C=O) groups is 1. The van der Waals surface area contributed by atoms with Crippen LogP contribution in [0.25, 0.3) is 0 Å². The molecule has 2 amide bonds. The molecular weight excluding hydrogens is 563 g/mol. The Labute approximate surface area is 228 Å². The standard InChI is InChI=1S/C28H19ClF7N3O/c29-20-12-13-23(37-16-20)26(15-17-6-2-1-3-7-17,18-8-4-9-19(14-18)27(31,32)33)39-25(40)38-24-21(28(34,35)36)10-5-11-22(24)30/h1-14,16H,15H2,(H2,38,39,40). The summed E-state index contributed by atoms with van der Waals surface area (Å²) in [4.78, 5) is 17.6. The van der Waals surface area contributed by atoms with E-state index in [1.807, 2.05) is 5.32 Å². The maximum Gasteiger partial charge on any atom is 0.418 e. The van der Waals surface area contributed by atoms with Gasteiger partial charge in [0.1, 0.15) is 11.4 Å². The van der Waals surface area contributed by atoms with Crippen molar-refractivity contribution in [2.45, 2.75) is 24.3 Å². The van der Waals surface area contributed by atoms with E-state index in [2.05, 4.69) is 10.3 Å². The maximum atomic E-state index is 14.5. The Balaban J connectivity index is 1.89. The molecule has 0 spiro atoms. The molecule has 1 aromatic heterocycles. The lowest BCUT2D eigenvalue weighted by molar-refractivity contribution is -0.138. The lowest BCUT2D eigenvalue weighted by Crippen LogP contribution is -2.51. The average Bonchev–Trinajstić information content (AvgIpc) is 2.89. The lowest BCUT2D eigenvalue weighted by Gasteiger charge is -2.36. The summed E-state index contributed by atoms with van der Waals surface area (Å²) in [6.45, 7) is 0. The fraction of sp³-hybridized carbons (Fsp3) is 0.143. The summed E-state index contributed by atoms with van der Waals surface area (Å²) in [6, 6.07) is 16.0. The number of aromatic nitrogens is 1. The van der Waals surface area contributed by atoms with E-state index in [4.69, 9.17) is 11.6 Å². The van der Waals surface area contributed by atoms with Gasteiger partial charge in [-0.25, -0.2) is 9.18 Å². The number of para-hydroxylation sites is 1. The molecule has 208 valence electrons. The Morgan fingerprint density at radius 1 is 0.800 bits per heavy atom.